The van der Waals surface area contributed by atoms with Gasteiger partial charge in [0.25, 0.3) is 0 Å². The maximum Gasteiger partial charge on any atom is 0.344 e. The van der Waals surface area contributed by atoms with E-state index in [1.165, 1.54) is 0 Å². The zero-order valence-corrected chi connectivity index (χ0v) is 13.8. The van der Waals surface area contributed by atoms with Gasteiger partial charge in [-0.3, -0.25) is 0 Å². The average molecular weight is 372 g/mol. The van der Waals surface area contributed by atoms with Crippen molar-refractivity contribution in [3.63, 3.8) is 0 Å². The molecule has 0 spiro atoms. The van der Waals surface area contributed by atoms with Crippen molar-refractivity contribution >= 4 is 5.97 Å². The van der Waals surface area contributed by atoms with Gasteiger partial charge in [0.1, 0.15) is 12.2 Å². The van der Waals surface area contributed by atoms with Crippen molar-refractivity contribution in [2.75, 3.05) is 6.61 Å². The number of rotatable bonds is 3. The Morgan fingerprint density at radius 1 is 0.815 bits per heavy atom. The average Bonchev–Trinajstić information content (AvgIpc) is 2.99. The van der Waals surface area contributed by atoms with Gasteiger partial charge in [0, 0.05) is 12.0 Å². The highest BCUT2D eigenvalue weighted by atomic mass is 19.2. The highest BCUT2D eigenvalue weighted by Crippen LogP contribution is 2.44. The summed E-state index contributed by atoms with van der Waals surface area (Å²) >= 11 is 0. The molecule has 0 radical (unpaired) electrons. The molecule has 0 saturated carbocycles. The summed E-state index contributed by atoms with van der Waals surface area (Å²) in [5, 5.41) is 0. The van der Waals surface area contributed by atoms with E-state index in [1.807, 2.05) is 48.5 Å². The number of carbonyl (C=O) groups is 1. The third-order valence-electron chi connectivity index (χ3n) is 4.66. The molecule has 0 bridgehead atoms. The van der Waals surface area contributed by atoms with Crippen molar-refractivity contribution in [3.8, 4) is 11.1 Å². The summed E-state index contributed by atoms with van der Waals surface area (Å²) in [6, 6.07) is 15.1. The first-order chi connectivity index (χ1) is 13.0. The van der Waals surface area contributed by atoms with Crippen LogP contribution in [0.4, 0.5) is 17.6 Å². The Kier molecular flexibility index (Phi) is 4.18. The van der Waals surface area contributed by atoms with E-state index in [-0.39, 0.29) is 18.6 Å². The second-order valence-corrected chi connectivity index (χ2v) is 6.17. The fourth-order valence-corrected chi connectivity index (χ4v) is 3.42. The molecule has 0 unspecified atom stereocenters. The SMILES string of the molecule is O=C(OCC1c2ccccc2-c2ccccc21)c1c(F)c(F)cc(F)c1F. The van der Waals surface area contributed by atoms with Gasteiger partial charge in [-0.05, 0) is 22.3 Å². The van der Waals surface area contributed by atoms with Gasteiger partial charge in [-0.25, -0.2) is 22.4 Å². The number of hydrogen-bond donors (Lipinski definition) is 0. The van der Waals surface area contributed by atoms with Crippen LogP contribution in [-0.2, 0) is 4.74 Å². The van der Waals surface area contributed by atoms with Crippen molar-refractivity contribution in [2.24, 2.45) is 0 Å². The number of carbonyl (C=O) groups excluding carboxylic acids is 1. The van der Waals surface area contributed by atoms with Crippen LogP contribution in [0.2, 0.25) is 0 Å². The molecule has 3 aromatic rings. The molecule has 0 heterocycles. The van der Waals surface area contributed by atoms with Gasteiger partial charge in [-0.15, -0.1) is 0 Å². The molecule has 2 nitrogen and oxygen atoms in total. The van der Waals surface area contributed by atoms with E-state index in [0.29, 0.717) is 0 Å². The zero-order valence-electron chi connectivity index (χ0n) is 13.8. The second-order valence-electron chi connectivity index (χ2n) is 6.17. The first-order valence-electron chi connectivity index (χ1n) is 8.17. The van der Waals surface area contributed by atoms with E-state index in [1.54, 1.807) is 0 Å². The molecule has 6 heteroatoms. The van der Waals surface area contributed by atoms with E-state index in [4.69, 9.17) is 4.74 Å². The summed E-state index contributed by atoms with van der Waals surface area (Å²) < 4.78 is 59.3. The van der Waals surface area contributed by atoms with Gasteiger partial charge in [-0.1, -0.05) is 48.5 Å². The maximum atomic E-state index is 13.8. The monoisotopic (exact) mass is 372 g/mol. The highest BCUT2D eigenvalue weighted by molar-refractivity contribution is 5.90. The van der Waals surface area contributed by atoms with Crippen LogP contribution in [0.15, 0.2) is 54.6 Å². The molecule has 1 aliphatic rings. The first-order valence-corrected chi connectivity index (χ1v) is 8.17. The fraction of sp³-hybridized carbons (Fsp3) is 0.0952. The minimum absolute atomic E-state index is 0.0465. The van der Waals surface area contributed by atoms with Crippen molar-refractivity contribution in [2.45, 2.75) is 5.92 Å². The van der Waals surface area contributed by atoms with Crippen LogP contribution in [0.5, 0.6) is 0 Å². The summed E-state index contributed by atoms with van der Waals surface area (Å²) in [4.78, 5) is 12.1. The number of esters is 1. The predicted molar refractivity (Wildman–Crippen MR) is 90.3 cm³/mol. The second kappa shape index (κ2) is 6.54. The van der Waals surface area contributed by atoms with Crippen molar-refractivity contribution < 1.29 is 27.1 Å². The van der Waals surface area contributed by atoms with Gasteiger partial charge in [0.15, 0.2) is 23.3 Å². The number of fused-ring (bicyclic) bond motifs is 3. The quantitative estimate of drug-likeness (QED) is 0.358. The normalized spacial score (nSPS) is 12.6. The van der Waals surface area contributed by atoms with Crippen LogP contribution >= 0.6 is 0 Å². The molecule has 0 N–H and O–H groups in total. The molecule has 136 valence electrons. The number of benzene rings is 3. The smallest absolute Gasteiger partial charge is 0.344 e. The Balaban J connectivity index is 1.64. The van der Waals surface area contributed by atoms with Gasteiger partial charge < -0.3 is 4.74 Å². The highest BCUT2D eigenvalue weighted by Gasteiger charge is 2.31. The Bertz CT molecular complexity index is 990. The number of halogens is 4. The summed E-state index contributed by atoms with van der Waals surface area (Å²) in [7, 11) is 0. The number of ether oxygens (including phenoxy) is 1. The molecule has 27 heavy (non-hydrogen) atoms. The molecule has 4 rings (SSSR count). The number of hydrogen-bond acceptors (Lipinski definition) is 2. The minimum atomic E-state index is -1.77. The summed E-state index contributed by atoms with van der Waals surface area (Å²) in [6.07, 6.45) is 0. The van der Waals surface area contributed by atoms with Crippen LogP contribution in [0, 0.1) is 23.3 Å². The lowest BCUT2D eigenvalue weighted by molar-refractivity contribution is 0.0479. The third-order valence-corrected chi connectivity index (χ3v) is 4.66. The van der Waals surface area contributed by atoms with E-state index in [0.717, 1.165) is 22.3 Å². The van der Waals surface area contributed by atoms with Gasteiger partial charge >= 0.3 is 5.97 Å². The first kappa shape index (κ1) is 17.3. The molecular weight excluding hydrogens is 360 g/mol. The van der Waals surface area contributed by atoms with E-state index < -0.39 is 34.8 Å². The van der Waals surface area contributed by atoms with Crippen LogP contribution in [0.3, 0.4) is 0 Å². The lowest BCUT2D eigenvalue weighted by Gasteiger charge is -2.14. The zero-order chi connectivity index (χ0) is 19.1. The molecule has 0 amide bonds. The summed E-state index contributed by atoms with van der Waals surface area (Å²) in [5.74, 6) is -8.65. The van der Waals surface area contributed by atoms with Crippen molar-refractivity contribution in [1.82, 2.24) is 0 Å². The molecule has 0 aliphatic heterocycles. The lowest BCUT2D eigenvalue weighted by Crippen LogP contribution is -2.17. The van der Waals surface area contributed by atoms with E-state index >= 15 is 0 Å². The van der Waals surface area contributed by atoms with Gasteiger partial charge in [0.05, 0.1) is 0 Å². The van der Waals surface area contributed by atoms with Crippen LogP contribution < -0.4 is 0 Å². The maximum absolute atomic E-state index is 13.8. The Morgan fingerprint density at radius 2 is 1.30 bits per heavy atom. The van der Waals surface area contributed by atoms with Gasteiger partial charge in [0.2, 0.25) is 0 Å². The minimum Gasteiger partial charge on any atom is -0.461 e. The van der Waals surface area contributed by atoms with E-state index in [2.05, 4.69) is 0 Å². The Labute approximate surface area is 152 Å². The lowest BCUT2D eigenvalue weighted by atomic mass is 9.98. The largest absolute Gasteiger partial charge is 0.461 e. The standard InChI is InChI=1S/C21H12F4O2/c22-16-9-17(23)20(25)18(19(16)24)21(26)27-10-15-13-7-3-1-5-11(13)12-6-2-4-8-14(12)15/h1-9,15H,10H2. The molecule has 3 aromatic carbocycles. The Hall–Kier alpha value is -3.15. The van der Waals surface area contributed by atoms with Crippen LogP contribution in [0.1, 0.15) is 27.4 Å². The van der Waals surface area contributed by atoms with Crippen LogP contribution in [0.25, 0.3) is 11.1 Å². The molecule has 0 aromatic heterocycles. The molecular formula is C21H12F4O2. The van der Waals surface area contributed by atoms with E-state index in [9.17, 15) is 22.4 Å². The fourth-order valence-electron chi connectivity index (χ4n) is 3.42. The molecule has 0 saturated heterocycles. The predicted octanol–water partition coefficient (Wildman–Crippen LogP) is 5.21. The topological polar surface area (TPSA) is 26.3 Å². The van der Waals surface area contributed by atoms with Crippen LogP contribution in [-0.4, -0.2) is 12.6 Å². The molecule has 0 atom stereocenters. The third kappa shape index (κ3) is 2.77. The summed E-state index contributed by atoms with van der Waals surface area (Å²) in [6.45, 7) is -0.218. The summed E-state index contributed by atoms with van der Waals surface area (Å²) in [5.41, 5.74) is 2.38. The van der Waals surface area contributed by atoms with Gasteiger partial charge in [-0.2, -0.15) is 0 Å². The van der Waals surface area contributed by atoms with Crippen molar-refractivity contribution in [3.05, 3.63) is 94.6 Å². The van der Waals surface area contributed by atoms with Crippen molar-refractivity contribution in [1.29, 1.82) is 0 Å². The molecule has 1 aliphatic carbocycles. The molecule has 0 fully saturated rings. The Morgan fingerprint density at radius 3 is 1.81 bits per heavy atom.